The summed E-state index contributed by atoms with van der Waals surface area (Å²) in [5.74, 6) is -0.171. The third-order valence-corrected chi connectivity index (χ3v) is 3.27. The lowest BCUT2D eigenvalue weighted by atomic mass is 10.0. The molecule has 4 nitrogen and oxygen atoms in total. The molecule has 1 aromatic rings. The number of nitrogens with one attached hydrogen (secondary N) is 1. The quantitative estimate of drug-likeness (QED) is 0.801. The fourth-order valence-corrected chi connectivity index (χ4v) is 1.51. The van der Waals surface area contributed by atoms with Crippen LogP contribution in [0, 0.1) is 0 Å². The number of rotatable bonds is 5. The highest BCUT2D eigenvalue weighted by atomic mass is 32.1. The normalized spacial score (nSPS) is 13.7. The Kier molecular flexibility index (Phi) is 4.81. The molecule has 0 saturated carbocycles. The molecular formula is C13H18N2O2S. The summed E-state index contributed by atoms with van der Waals surface area (Å²) in [6, 6.07) is 7.07. The van der Waals surface area contributed by atoms with E-state index in [1.54, 1.807) is 31.2 Å². The summed E-state index contributed by atoms with van der Waals surface area (Å²) < 4.78 is 5.23. The molecule has 0 aliphatic carbocycles. The van der Waals surface area contributed by atoms with Gasteiger partial charge in [0.05, 0.1) is 0 Å². The molecule has 5 heteroatoms. The number of benzene rings is 1. The van der Waals surface area contributed by atoms with E-state index in [0.717, 1.165) is 5.56 Å². The van der Waals surface area contributed by atoms with Crippen molar-refractivity contribution in [3.05, 3.63) is 29.8 Å². The Morgan fingerprint density at radius 2 is 2.00 bits per heavy atom. The van der Waals surface area contributed by atoms with Gasteiger partial charge in [-0.3, -0.25) is 4.79 Å². The van der Waals surface area contributed by atoms with Gasteiger partial charge in [0.1, 0.15) is 10.6 Å². The van der Waals surface area contributed by atoms with Crippen LogP contribution in [0.2, 0.25) is 0 Å². The van der Waals surface area contributed by atoms with E-state index in [1.165, 1.54) is 7.11 Å². The van der Waals surface area contributed by atoms with Crippen molar-refractivity contribution in [1.29, 1.82) is 0 Å². The Hall–Kier alpha value is -1.46. The molecule has 1 unspecified atom stereocenters. The topological polar surface area (TPSA) is 64.3 Å². The zero-order valence-electron chi connectivity index (χ0n) is 10.8. The van der Waals surface area contributed by atoms with E-state index in [4.69, 9.17) is 22.7 Å². The van der Waals surface area contributed by atoms with Crippen molar-refractivity contribution in [3.63, 3.8) is 0 Å². The van der Waals surface area contributed by atoms with E-state index in [0.29, 0.717) is 17.1 Å². The fraction of sp³-hybridized carbons (Fsp3) is 0.385. The number of carbonyl (C=O) groups excluding carboxylic acids is 1. The molecule has 0 bridgehead atoms. The summed E-state index contributed by atoms with van der Waals surface area (Å²) >= 11 is 4.86. The lowest BCUT2D eigenvalue weighted by Crippen LogP contribution is -2.41. The van der Waals surface area contributed by atoms with Crippen molar-refractivity contribution in [2.75, 3.05) is 12.4 Å². The Balaban J connectivity index is 2.79. The Labute approximate surface area is 113 Å². The number of amides is 1. The average Bonchev–Trinajstić information content (AvgIpc) is 2.38. The molecule has 0 radical (unpaired) electrons. The second-order valence-electron chi connectivity index (χ2n) is 4.18. The first kappa shape index (κ1) is 14.6. The lowest BCUT2D eigenvalue weighted by Gasteiger charge is -2.25. The summed E-state index contributed by atoms with van der Waals surface area (Å²) in [5, 5.41) is 2.80. The molecule has 0 heterocycles. The van der Waals surface area contributed by atoms with E-state index in [-0.39, 0.29) is 5.91 Å². The number of ether oxygens (including phenoxy) is 1. The average molecular weight is 266 g/mol. The minimum absolute atomic E-state index is 0.171. The van der Waals surface area contributed by atoms with Crippen molar-refractivity contribution >= 4 is 28.8 Å². The van der Waals surface area contributed by atoms with Crippen molar-refractivity contribution in [2.24, 2.45) is 5.73 Å². The predicted octanol–water partition coefficient (Wildman–Crippen LogP) is 2.07. The van der Waals surface area contributed by atoms with Crippen LogP contribution in [-0.2, 0) is 9.53 Å². The summed E-state index contributed by atoms with van der Waals surface area (Å²) in [6.45, 7) is 3.66. The maximum Gasteiger partial charge on any atom is 0.256 e. The number of hydrogen-bond acceptors (Lipinski definition) is 3. The maximum atomic E-state index is 12.0. The van der Waals surface area contributed by atoms with Gasteiger partial charge in [-0.05, 0) is 37.6 Å². The van der Waals surface area contributed by atoms with Gasteiger partial charge < -0.3 is 15.8 Å². The monoisotopic (exact) mass is 266 g/mol. The Morgan fingerprint density at radius 3 is 2.39 bits per heavy atom. The van der Waals surface area contributed by atoms with Crippen LogP contribution in [0.25, 0.3) is 0 Å². The van der Waals surface area contributed by atoms with Crippen LogP contribution < -0.4 is 11.1 Å². The largest absolute Gasteiger partial charge is 0.389 e. The third kappa shape index (κ3) is 3.27. The first-order valence-electron chi connectivity index (χ1n) is 5.69. The van der Waals surface area contributed by atoms with Crippen molar-refractivity contribution in [1.82, 2.24) is 0 Å². The second-order valence-corrected chi connectivity index (χ2v) is 4.62. The maximum absolute atomic E-state index is 12.0. The van der Waals surface area contributed by atoms with Gasteiger partial charge in [0.2, 0.25) is 0 Å². The number of hydrogen-bond donors (Lipinski definition) is 2. The van der Waals surface area contributed by atoms with E-state index in [9.17, 15) is 4.79 Å². The molecule has 1 atom stereocenters. The highest BCUT2D eigenvalue weighted by Crippen LogP contribution is 2.18. The highest BCUT2D eigenvalue weighted by molar-refractivity contribution is 7.80. The molecule has 0 spiro atoms. The molecule has 1 amide bonds. The standard InChI is InChI=1S/C13H18N2O2S/c1-4-13(2,17-3)12(16)15-10-7-5-9(6-8-10)11(14)18/h5-8H,4H2,1-3H3,(H2,14,18)(H,15,16). The van der Waals surface area contributed by atoms with Gasteiger partial charge in [0.25, 0.3) is 5.91 Å². The number of carbonyl (C=O) groups is 1. The van der Waals surface area contributed by atoms with Crippen LogP contribution in [0.3, 0.4) is 0 Å². The molecule has 0 aromatic heterocycles. The van der Waals surface area contributed by atoms with Crippen LogP contribution in [0.5, 0.6) is 0 Å². The molecule has 18 heavy (non-hydrogen) atoms. The van der Waals surface area contributed by atoms with E-state index >= 15 is 0 Å². The fourth-order valence-electron chi connectivity index (χ4n) is 1.38. The van der Waals surface area contributed by atoms with Gasteiger partial charge >= 0.3 is 0 Å². The van der Waals surface area contributed by atoms with Crippen molar-refractivity contribution in [2.45, 2.75) is 25.9 Å². The van der Waals surface area contributed by atoms with Gasteiger partial charge in [0.15, 0.2) is 0 Å². The van der Waals surface area contributed by atoms with Gasteiger partial charge in [0, 0.05) is 18.4 Å². The van der Waals surface area contributed by atoms with E-state index in [2.05, 4.69) is 5.32 Å². The molecule has 1 aromatic carbocycles. The van der Waals surface area contributed by atoms with E-state index in [1.807, 2.05) is 6.92 Å². The van der Waals surface area contributed by atoms with Crippen LogP contribution in [0.4, 0.5) is 5.69 Å². The number of methoxy groups -OCH3 is 1. The second kappa shape index (κ2) is 5.93. The number of thiocarbonyl (C=S) groups is 1. The Morgan fingerprint density at radius 1 is 1.44 bits per heavy atom. The molecular weight excluding hydrogens is 248 g/mol. The molecule has 0 aliphatic heterocycles. The SMILES string of the molecule is CCC(C)(OC)C(=O)Nc1ccc(C(N)=S)cc1. The van der Waals surface area contributed by atoms with Crippen LogP contribution in [0.15, 0.2) is 24.3 Å². The smallest absolute Gasteiger partial charge is 0.256 e. The van der Waals surface area contributed by atoms with Gasteiger partial charge in [-0.15, -0.1) is 0 Å². The first-order valence-corrected chi connectivity index (χ1v) is 6.10. The first-order chi connectivity index (χ1) is 8.42. The summed E-state index contributed by atoms with van der Waals surface area (Å²) in [4.78, 5) is 12.4. The van der Waals surface area contributed by atoms with Crippen LogP contribution in [0.1, 0.15) is 25.8 Å². The van der Waals surface area contributed by atoms with Crippen LogP contribution in [-0.4, -0.2) is 23.6 Å². The Bertz CT molecular complexity index is 439. The third-order valence-electron chi connectivity index (χ3n) is 3.03. The van der Waals surface area contributed by atoms with Gasteiger partial charge in [-0.2, -0.15) is 0 Å². The molecule has 0 fully saturated rings. The minimum atomic E-state index is -0.818. The zero-order chi connectivity index (χ0) is 13.8. The predicted molar refractivity (Wildman–Crippen MR) is 76.7 cm³/mol. The summed E-state index contributed by atoms with van der Waals surface area (Å²) in [5.41, 5.74) is 6.15. The zero-order valence-corrected chi connectivity index (χ0v) is 11.6. The molecule has 98 valence electrons. The van der Waals surface area contributed by atoms with E-state index < -0.39 is 5.60 Å². The van der Waals surface area contributed by atoms with Gasteiger partial charge in [-0.25, -0.2) is 0 Å². The molecule has 0 saturated heterocycles. The van der Waals surface area contributed by atoms with Crippen LogP contribution >= 0.6 is 12.2 Å². The molecule has 3 N–H and O–H groups in total. The van der Waals surface area contributed by atoms with Crippen molar-refractivity contribution < 1.29 is 9.53 Å². The van der Waals surface area contributed by atoms with Gasteiger partial charge in [-0.1, -0.05) is 19.1 Å². The molecule has 1 rings (SSSR count). The summed E-state index contributed by atoms with van der Waals surface area (Å²) in [6.07, 6.45) is 0.598. The number of anilines is 1. The number of nitrogens with two attached hydrogens (primary N) is 1. The lowest BCUT2D eigenvalue weighted by molar-refractivity contribution is -0.136. The van der Waals surface area contributed by atoms with Crippen molar-refractivity contribution in [3.8, 4) is 0 Å². The highest BCUT2D eigenvalue weighted by Gasteiger charge is 2.30. The summed E-state index contributed by atoms with van der Waals surface area (Å²) in [7, 11) is 1.53. The molecule has 0 aliphatic rings. The minimum Gasteiger partial charge on any atom is -0.389 e.